The second kappa shape index (κ2) is 8.29. The number of methoxy groups -OCH3 is 1. The predicted molar refractivity (Wildman–Crippen MR) is 85.7 cm³/mol. The Hall–Kier alpha value is -1.40. The third-order valence-corrected chi connectivity index (χ3v) is 4.45. The number of carbonyl (C=O) groups excluding carboxylic acids is 1. The molecule has 0 saturated carbocycles. The van der Waals surface area contributed by atoms with Gasteiger partial charge >= 0.3 is 0 Å². The van der Waals surface area contributed by atoms with Crippen LogP contribution in [0.1, 0.15) is 25.1 Å². The van der Waals surface area contributed by atoms with E-state index < -0.39 is 0 Å². The van der Waals surface area contributed by atoms with E-state index >= 15 is 0 Å². The molecular formula is C16H28N4O2. The molecule has 1 saturated heterocycles. The highest BCUT2D eigenvalue weighted by atomic mass is 16.5. The minimum atomic E-state index is 0.249. The van der Waals surface area contributed by atoms with Crippen molar-refractivity contribution >= 4 is 5.91 Å². The van der Waals surface area contributed by atoms with E-state index in [1.807, 2.05) is 11.1 Å². The average molecular weight is 308 g/mol. The van der Waals surface area contributed by atoms with Gasteiger partial charge in [-0.1, -0.05) is 0 Å². The van der Waals surface area contributed by atoms with Gasteiger partial charge in [0, 0.05) is 58.0 Å². The molecule has 1 amide bonds. The Kier molecular flexibility index (Phi) is 6.39. The molecule has 0 atom stereocenters. The van der Waals surface area contributed by atoms with E-state index in [9.17, 15) is 4.79 Å². The Balaban J connectivity index is 1.77. The second-order valence-corrected chi connectivity index (χ2v) is 6.11. The van der Waals surface area contributed by atoms with Gasteiger partial charge in [-0.05, 0) is 26.9 Å². The number of piperidine rings is 1. The molecule has 6 nitrogen and oxygen atoms in total. The highest BCUT2D eigenvalue weighted by Crippen LogP contribution is 2.15. The van der Waals surface area contributed by atoms with Gasteiger partial charge < -0.3 is 19.1 Å². The van der Waals surface area contributed by atoms with Crippen molar-refractivity contribution in [3.05, 3.63) is 18.2 Å². The summed E-state index contributed by atoms with van der Waals surface area (Å²) in [4.78, 5) is 21.0. The minimum absolute atomic E-state index is 0.249. The monoisotopic (exact) mass is 308 g/mol. The van der Waals surface area contributed by atoms with Crippen LogP contribution in [0.4, 0.5) is 0 Å². The molecular weight excluding hydrogens is 280 g/mol. The van der Waals surface area contributed by atoms with E-state index in [4.69, 9.17) is 4.74 Å². The van der Waals surface area contributed by atoms with Gasteiger partial charge in [-0.3, -0.25) is 4.79 Å². The van der Waals surface area contributed by atoms with Gasteiger partial charge in [0.2, 0.25) is 5.91 Å². The summed E-state index contributed by atoms with van der Waals surface area (Å²) >= 11 is 0. The van der Waals surface area contributed by atoms with Gasteiger partial charge in [-0.2, -0.15) is 0 Å². The summed E-state index contributed by atoms with van der Waals surface area (Å²) in [7, 11) is 5.92. The number of nitrogens with zero attached hydrogens (tertiary/aromatic N) is 4. The van der Waals surface area contributed by atoms with Crippen molar-refractivity contribution < 1.29 is 9.53 Å². The van der Waals surface area contributed by atoms with Gasteiger partial charge in [-0.15, -0.1) is 0 Å². The van der Waals surface area contributed by atoms with Crippen LogP contribution < -0.4 is 0 Å². The molecule has 1 aliphatic rings. The van der Waals surface area contributed by atoms with Crippen LogP contribution in [0, 0.1) is 0 Å². The quantitative estimate of drug-likeness (QED) is 0.754. The summed E-state index contributed by atoms with van der Waals surface area (Å²) in [6.45, 7) is 3.20. The SMILES string of the molecule is COCCn1ccnc1CCC(=O)N1CCC(N(C)C)CC1. The van der Waals surface area contributed by atoms with E-state index in [1.54, 1.807) is 13.3 Å². The minimum Gasteiger partial charge on any atom is -0.383 e. The predicted octanol–water partition coefficient (Wildman–Crippen LogP) is 1.01. The van der Waals surface area contributed by atoms with E-state index in [0.717, 1.165) is 38.3 Å². The fourth-order valence-corrected chi connectivity index (χ4v) is 2.97. The maximum Gasteiger partial charge on any atom is 0.223 e. The fourth-order valence-electron chi connectivity index (χ4n) is 2.97. The zero-order chi connectivity index (χ0) is 15.9. The first-order chi connectivity index (χ1) is 10.6. The number of aromatic nitrogens is 2. The topological polar surface area (TPSA) is 50.6 Å². The first kappa shape index (κ1) is 17.0. The molecule has 22 heavy (non-hydrogen) atoms. The molecule has 1 aromatic rings. The lowest BCUT2D eigenvalue weighted by atomic mass is 10.0. The molecule has 0 aliphatic carbocycles. The van der Waals surface area contributed by atoms with Crippen molar-refractivity contribution in [2.24, 2.45) is 0 Å². The Morgan fingerprint density at radius 3 is 2.77 bits per heavy atom. The number of ether oxygens (including phenoxy) is 1. The highest BCUT2D eigenvalue weighted by Gasteiger charge is 2.23. The fraction of sp³-hybridized carbons (Fsp3) is 0.750. The molecule has 1 aliphatic heterocycles. The summed E-state index contributed by atoms with van der Waals surface area (Å²) in [6.07, 6.45) is 7.11. The van der Waals surface area contributed by atoms with Crippen LogP contribution in [0.25, 0.3) is 0 Å². The maximum absolute atomic E-state index is 12.3. The Morgan fingerprint density at radius 1 is 1.41 bits per heavy atom. The number of aryl methyl sites for hydroxylation is 1. The number of rotatable bonds is 7. The molecule has 124 valence electrons. The van der Waals surface area contributed by atoms with Crippen molar-refractivity contribution in [3.8, 4) is 0 Å². The third kappa shape index (κ3) is 4.55. The van der Waals surface area contributed by atoms with E-state index in [0.29, 0.717) is 25.5 Å². The van der Waals surface area contributed by atoms with Crippen LogP contribution in [-0.2, 0) is 22.5 Å². The number of hydrogen-bond acceptors (Lipinski definition) is 4. The first-order valence-corrected chi connectivity index (χ1v) is 8.05. The summed E-state index contributed by atoms with van der Waals surface area (Å²) in [5.74, 6) is 1.21. The highest BCUT2D eigenvalue weighted by molar-refractivity contribution is 5.76. The van der Waals surface area contributed by atoms with Crippen LogP contribution in [0.3, 0.4) is 0 Å². The first-order valence-electron chi connectivity index (χ1n) is 8.05. The molecule has 1 fully saturated rings. The molecule has 0 bridgehead atoms. The van der Waals surface area contributed by atoms with Crippen LogP contribution >= 0.6 is 0 Å². The second-order valence-electron chi connectivity index (χ2n) is 6.11. The van der Waals surface area contributed by atoms with Crippen molar-refractivity contribution in [1.82, 2.24) is 19.4 Å². The Labute approximate surface area is 133 Å². The molecule has 0 spiro atoms. The lowest BCUT2D eigenvalue weighted by Crippen LogP contribution is -2.44. The zero-order valence-corrected chi connectivity index (χ0v) is 14.0. The van der Waals surface area contributed by atoms with E-state index in [2.05, 4.69) is 28.5 Å². The molecule has 6 heteroatoms. The normalized spacial score (nSPS) is 16.5. The summed E-state index contributed by atoms with van der Waals surface area (Å²) in [6, 6.07) is 0.608. The number of hydrogen-bond donors (Lipinski definition) is 0. The molecule has 0 aromatic carbocycles. The van der Waals surface area contributed by atoms with Crippen molar-refractivity contribution in [1.29, 1.82) is 0 Å². The van der Waals surface area contributed by atoms with E-state index in [-0.39, 0.29) is 5.91 Å². The average Bonchev–Trinajstić information content (AvgIpc) is 2.98. The van der Waals surface area contributed by atoms with Crippen LogP contribution in [-0.4, -0.2) is 72.2 Å². The lowest BCUT2D eigenvalue weighted by Gasteiger charge is -2.35. The van der Waals surface area contributed by atoms with Gasteiger partial charge in [0.1, 0.15) is 5.82 Å². The standard InChI is InChI=1S/C16H28N4O2/c1-18(2)14-6-9-20(10-7-14)16(21)5-4-15-17-8-11-19(15)12-13-22-3/h8,11,14H,4-7,9-10,12-13H2,1-3H3. The summed E-state index contributed by atoms with van der Waals surface area (Å²) in [5, 5.41) is 0. The molecule has 2 rings (SSSR count). The largest absolute Gasteiger partial charge is 0.383 e. The van der Waals surface area contributed by atoms with Crippen LogP contribution in [0.2, 0.25) is 0 Å². The Morgan fingerprint density at radius 2 is 2.14 bits per heavy atom. The summed E-state index contributed by atoms with van der Waals surface area (Å²) < 4.78 is 7.16. The van der Waals surface area contributed by atoms with Crippen molar-refractivity contribution in [2.45, 2.75) is 38.3 Å². The maximum atomic E-state index is 12.3. The van der Waals surface area contributed by atoms with E-state index in [1.165, 1.54) is 0 Å². The molecule has 1 aromatic heterocycles. The lowest BCUT2D eigenvalue weighted by molar-refractivity contribution is -0.132. The Bertz CT molecular complexity index is 464. The number of imidazole rings is 1. The van der Waals surface area contributed by atoms with Gasteiger partial charge in [-0.25, -0.2) is 4.98 Å². The molecule has 2 heterocycles. The van der Waals surface area contributed by atoms with Crippen LogP contribution in [0.5, 0.6) is 0 Å². The van der Waals surface area contributed by atoms with Crippen LogP contribution in [0.15, 0.2) is 12.4 Å². The summed E-state index contributed by atoms with van der Waals surface area (Å²) in [5.41, 5.74) is 0. The number of carbonyl (C=O) groups is 1. The third-order valence-electron chi connectivity index (χ3n) is 4.45. The van der Waals surface area contributed by atoms with Crippen molar-refractivity contribution in [3.63, 3.8) is 0 Å². The zero-order valence-electron chi connectivity index (χ0n) is 14.0. The molecule has 0 unspecified atom stereocenters. The molecule has 0 N–H and O–H groups in total. The van der Waals surface area contributed by atoms with Gasteiger partial charge in [0.25, 0.3) is 0 Å². The molecule has 0 radical (unpaired) electrons. The van der Waals surface area contributed by atoms with Crippen molar-refractivity contribution in [2.75, 3.05) is 40.9 Å². The number of amides is 1. The number of likely N-dealkylation sites (tertiary alicyclic amines) is 1. The smallest absolute Gasteiger partial charge is 0.223 e. The van der Waals surface area contributed by atoms with Gasteiger partial charge in [0.15, 0.2) is 0 Å². The van der Waals surface area contributed by atoms with Gasteiger partial charge in [0.05, 0.1) is 6.61 Å².